The smallest absolute Gasteiger partial charge is 0.376 e. The summed E-state index contributed by atoms with van der Waals surface area (Å²) in [7, 11) is 0. The first-order chi connectivity index (χ1) is 10.6. The van der Waals surface area contributed by atoms with Gasteiger partial charge in [-0.2, -0.15) is 13.2 Å². The van der Waals surface area contributed by atoms with E-state index in [-0.39, 0.29) is 11.5 Å². The minimum absolute atomic E-state index is 0.293. The van der Waals surface area contributed by atoms with Crippen molar-refractivity contribution in [3.05, 3.63) is 65.2 Å². The van der Waals surface area contributed by atoms with Gasteiger partial charge in [0.05, 0.1) is 0 Å². The molecule has 0 aliphatic heterocycles. The number of amides is 1. The van der Waals surface area contributed by atoms with Gasteiger partial charge in [-0.25, -0.2) is 0 Å². The van der Waals surface area contributed by atoms with Gasteiger partial charge in [0, 0.05) is 11.3 Å². The molecule has 0 aromatic heterocycles. The van der Waals surface area contributed by atoms with E-state index in [1.54, 1.807) is 24.3 Å². The van der Waals surface area contributed by atoms with E-state index < -0.39 is 11.8 Å². The van der Waals surface area contributed by atoms with Crippen LogP contribution >= 0.6 is 0 Å². The quantitative estimate of drug-likeness (QED) is 0.896. The Morgan fingerprint density at radius 1 is 1.00 bits per heavy atom. The molecule has 0 radical (unpaired) electrons. The minimum Gasteiger partial charge on any atom is -0.376 e. The number of hydrogen-bond acceptors (Lipinski definition) is 2. The summed E-state index contributed by atoms with van der Waals surface area (Å²) in [5, 5.41) is 12.2. The molecule has 0 fully saturated rings. The second-order valence-electron chi connectivity index (χ2n) is 5.47. The molecule has 6 heteroatoms. The molecule has 0 aliphatic carbocycles. The Morgan fingerprint density at radius 2 is 1.52 bits per heavy atom. The summed E-state index contributed by atoms with van der Waals surface area (Å²) >= 11 is 0. The number of nitrogens with one attached hydrogen (secondary N) is 1. The van der Waals surface area contributed by atoms with Crippen LogP contribution in [0.3, 0.4) is 0 Å². The number of anilines is 1. The summed E-state index contributed by atoms with van der Waals surface area (Å²) in [5.74, 6) is -0.361. The standard InChI is InChI=1S/C17H16F3NO2/c1-11-3-5-12(6-4-11)15(22)21-14-9-7-13(8-10-14)16(2,23)17(18,19)20/h3-10,23H,1-2H3,(H,21,22). The molecule has 1 amide bonds. The van der Waals surface area contributed by atoms with Gasteiger partial charge in [-0.05, 0) is 43.7 Å². The lowest BCUT2D eigenvalue weighted by atomic mass is 9.95. The van der Waals surface area contributed by atoms with Crippen molar-refractivity contribution in [3.63, 3.8) is 0 Å². The molecule has 0 saturated heterocycles. The summed E-state index contributed by atoms with van der Waals surface area (Å²) in [6, 6.07) is 11.8. The maximum absolute atomic E-state index is 12.8. The van der Waals surface area contributed by atoms with E-state index in [4.69, 9.17) is 0 Å². The number of aryl methyl sites for hydroxylation is 1. The van der Waals surface area contributed by atoms with Crippen LogP contribution in [0.15, 0.2) is 48.5 Å². The molecule has 0 saturated carbocycles. The van der Waals surface area contributed by atoms with Crippen LogP contribution in [-0.4, -0.2) is 17.2 Å². The van der Waals surface area contributed by atoms with Gasteiger partial charge in [-0.15, -0.1) is 0 Å². The third kappa shape index (κ3) is 3.71. The summed E-state index contributed by atoms with van der Waals surface area (Å²) < 4.78 is 38.3. The third-order valence-electron chi connectivity index (χ3n) is 3.57. The highest BCUT2D eigenvalue weighted by Gasteiger charge is 2.51. The number of alkyl halides is 3. The molecule has 3 nitrogen and oxygen atoms in total. The van der Waals surface area contributed by atoms with Gasteiger partial charge in [0.15, 0.2) is 5.60 Å². The predicted octanol–water partition coefficient (Wildman–Crippen LogP) is 4.02. The molecule has 2 aromatic carbocycles. The van der Waals surface area contributed by atoms with E-state index in [9.17, 15) is 23.1 Å². The van der Waals surface area contributed by atoms with Crippen molar-refractivity contribution in [1.82, 2.24) is 0 Å². The molecule has 122 valence electrons. The molecule has 2 rings (SSSR count). The number of carbonyl (C=O) groups excluding carboxylic acids is 1. The molecule has 0 aliphatic rings. The largest absolute Gasteiger partial charge is 0.421 e. The second kappa shape index (κ2) is 6.04. The Balaban J connectivity index is 2.14. The Hall–Kier alpha value is -2.34. The number of rotatable bonds is 3. The third-order valence-corrected chi connectivity index (χ3v) is 3.57. The number of carbonyl (C=O) groups is 1. The van der Waals surface area contributed by atoms with Crippen molar-refractivity contribution in [3.8, 4) is 0 Å². The van der Waals surface area contributed by atoms with Gasteiger partial charge < -0.3 is 10.4 Å². The SMILES string of the molecule is Cc1ccc(C(=O)Nc2ccc(C(C)(O)C(F)(F)F)cc2)cc1. The molecule has 1 unspecified atom stereocenters. The summed E-state index contributed by atoms with van der Waals surface area (Å²) in [4.78, 5) is 12.0. The first kappa shape index (κ1) is 17.0. The van der Waals surface area contributed by atoms with Crippen LogP contribution in [0, 0.1) is 6.92 Å². The fourth-order valence-corrected chi connectivity index (χ4v) is 1.95. The van der Waals surface area contributed by atoms with E-state index in [2.05, 4.69) is 5.32 Å². The van der Waals surface area contributed by atoms with Crippen LogP contribution in [-0.2, 0) is 5.60 Å². The highest BCUT2D eigenvalue weighted by molar-refractivity contribution is 6.04. The summed E-state index contributed by atoms with van der Waals surface area (Å²) in [6.45, 7) is 2.58. The molecule has 23 heavy (non-hydrogen) atoms. The zero-order valence-corrected chi connectivity index (χ0v) is 12.6. The highest BCUT2D eigenvalue weighted by atomic mass is 19.4. The van der Waals surface area contributed by atoms with Crippen molar-refractivity contribution < 1.29 is 23.1 Å². The van der Waals surface area contributed by atoms with Crippen LogP contribution < -0.4 is 5.32 Å². The first-order valence-corrected chi connectivity index (χ1v) is 6.89. The van der Waals surface area contributed by atoms with Crippen molar-refractivity contribution in [1.29, 1.82) is 0 Å². The van der Waals surface area contributed by atoms with E-state index in [0.717, 1.165) is 17.7 Å². The predicted molar refractivity (Wildman–Crippen MR) is 81.2 cm³/mol. The lowest BCUT2D eigenvalue weighted by Gasteiger charge is -2.26. The Bertz CT molecular complexity index is 689. The zero-order chi connectivity index (χ0) is 17.3. The summed E-state index contributed by atoms with van der Waals surface area (Å²) in [5.41, 5.74) is -1.43. The van der Waals surface area contributed by atoms with Crippen LogP contribution in [0.5, 0.6) is 0 Å². The lowest BCUT2D eigenvalue weighted by molar-refractivity contribution is -0.258. The van der Waals surface area contributed by atoms with Gasteiger partial charge in [0.25, 0.3) is 5.91 Å². The highest BCUT2D eigenvalue weighted by Crippen LogP contribution is 2.38. The van der Waals surface area contributed by atoms with Crippen molar-refractivity contribution in [2.45, 2.75) is 25.6 Å². The number of benzene rings is 2. The maximum atomic E-state index is 12.8. The average Bonchev–Trinajstić information content (AvgIpc) is 2.47. The maximum Gasteiger partial charge on any atom is 0.421 e. The van der Waals surface area contributed by atoms with E-state index in [1.807, 2.05) is 6.92 Å². The van der Waals surface area contributed by atoms with Crippen LogP contribution in [0.25, 0.3) is 0 Å². The minimum atomic E-state index is -4.78. The molecule has 2 N–H and O–H groups in total. The number of halogens is 3. The van der Waals surface area contributed by atoms with E-state index in [0.29, 0.717) is 18.2 Å². The number of aliphatic hydroxyl groups is 1. The van der Waals surface area contributed by atoms with E-state index >= 15 is 0 Å². The lowest BCUT2D eigenvalue weighted by Crippen LogP contribution is -2.39. The van der Waals surface area contributed by atoms with Crippen LogP contribution in [0.2, 0.25) is 0 Å². The Kier molecular flexibility index (Phi) is 4.47. The molecular weight excluding hydrogens is 307 g/mol. The second-order valence-corrected chi connectivity index (χ2v) is 5.47. The average molecular weight is 323 g/mol. The normalized spacial score (nSPS) is 14.2. The van der Waals surface area contributed by atoms with Crippen LogP contribution in [0.1, 0.15) is 28.4 Å². The Morgan fingerprint density at radius 3 is 2.00 bits per heavy atom. The van der Waals surface area contributed by atoms with Gasteiger partial charge in [-0.1, -0.05) is 29.8 Å². The van der Waals surface area contributed by atoms with Gasteiger partial charge in [0.1, 0.15) is 0 Å². The fourth-order valence-electron chi connectivity index (χ4n) is 1.95. The fraction of sp³-hybridized carbons (Fsp3) is 0.235. The molecular formula is C17H16F3NO2. The zero-order valence-electron chi connectivity index (χ0n) is 12.6. The molecule has 0 heterocycles. The summed E-state index contributed by atoms with van der Waals surface area (Å²) in [6.07, 6.45) is -4.78. The van der Waals surface area contributed by atoms with Gasteiger partial charge in [-0.3, -0.25) is 4.79 Å². The first-order valence-electron chi connectivity index (χ1n) is 6.89. The topological polar surface area (TPSA) is 49.3 Å². The van der Waals surface area contributed by atoms with Crippen molar-refractivity contribution in [2.75, 3.05) is 5.32 Å². The van der Waals surface area contributed by atoms with Gasteiger partial charge in [0.2, 0.25) is 0 Å². The monoisotopic (exact) mass is 323 g/mol. The van der Waals surface area contributed by atoms with Crippen molar-refractivity contribution >= 4 is 11.6 Å². The molecule has 2 aromatic rings. The Labute approximate surface area is 131 Å². The van der Waals surface area contributed by atoms with Crippen LogP contribution in [0.4, 0.5) is 18.9 Å². The molecule has 0 spiro atoms. The number of hydrogen-bond donors (Lipinski definition) is 2. The molecule has 0 bridgehead atoms. The van der Waals surface area contributed by atoms with Crippen molar-refractivity contribution in [2.24, 2.45) is 0 Å². The van der Waals surface area contributed by atoms with Gasteiger partial charge >= 0.3 is 6.18 Å². The molecule has 1 atom stereocenters. The van der Waals surface area contributed by atoms with E-state index in [1.165, 1.54) is 12.1 Å².